The van der Waals surface area contributed by atoms with E-state index in [1.807, 2.05) is 20.8 Å². The normalized spacial score (nSPS) is 11.4. The summed E-state index contributed by atoms with van der Waals surface area (Å²) < 4.78 is 10.9. The van der Waals surface area contributed by atoms with Crippen molar-refractivity contribution >= 4 is 17.6 Å². The third-order valence-corrected chi connectivity index (χ3v) is 2.50. The van der Waals surface area contributed by atoms with Crippen molar-refractivity contribution in [3.05, 3.63) is 17.0 Å². The van der Waals surface area contributed by atoms with Crippen molar-refractivity contribution in [1.82, 2.24) is 0 Å². The fourth-order valence-corrected chi connectivity index (χ4v) is 1.66. The van der Waals surface area contributed by atoms with Gasteiger partial charge in [-0.25, -0.2) is 0 Å². The Labute approximate surface area is 94.0 Å². The van der Waals surface area contributed by atoms with Gasteiger partial charge in [0.05, 0.1) is 17.1 Å². The molecular formula is C11H16O3S. The van der Waals surface area contributed by atoms with Crippen LogP contribution in [0.5, 0.6) is 5.06 Å². The van der Waals surface area contributed by atoms with Crippen LogP contribution in [0.15, 0.2) is 12.1 Å². The number of aldehydes is 1. The van der Waals surface area contributed by atoms with E-state index in [2.05, 4.69) is 0 Å². The van der Waals surface area contributed by atoms with E-state index in [9.17, 15) is 4.79 Å². The van der Waals surface area contributed by atoms with Gasteiger partial charge in [-0.05, 0) is 32.9 Å². The van der Waals surface area contributed by atoms with Crippen LogP contribution < -0.4 is 4.74 Å². The minimum atomic E-state index is -0.132. The molecule has 0 atom stereocenters. The van der Waals surface area contributed by atoms with E-state index in [1.165, 1.54) is 11.3 Å². The second kappa shape index (κ2) is 5.28. The third kappa shape index (κ3) is 4.95. The molecular weight excluding hydrogens is 212 g/mol. The highest BCUT2D eigenvalue weighted by atomic mass is 32.1. The molecule has 84 valence electrons. The molecule has 0 aromatic carbocycles. The van der Waals surface area contributed by atoms with Crippen molar-refractivity contribution in [1.29, 1.82) is 0 Å². The van der Waals surface area contributed by atoms with Gasteiger partial charge in [0.1, 0.15) is 6.61 Å². The Hall–Kier alpha value is -0.870. The van der Waals surface area contributed by atoms with Crippen LogP contribution in [-0.2, 0) is 4.74 Å². The molecule has 0 radical (unpaired) electrons. The molecule has 1 aromatic rings. The van der Waals surface area contributed by atoms with Gasteiger partial charge in [0, 0.05) is 0 Å². The van der Waals surface area contributed by atoms with Gasteiger partial charge >= 0.3 is 0 Å². The Morgan fingerprint density at radius 1 is 1.33 bits per heavy atom. The van der Waals surface area contributed by atoms with Gasteiger partial charge < -0.3 is 9.47 Å². The molecule has 0 aliphatic carbocycles. The van der Waals surface area contributed by atoms with E-state index in [-0.39, 0.29) is 5.60 Å². The highest BCUT2D eigenvalue weighted by Gasteiger charge is 2.09. The van der Waals surface area contributed by atoms with Gasteiger partial charge in [0.2, 0.25) is 0 Å². The zero-order chi connectivity index (χ0) is 11.3. The molecule has 0 aliphatic rings. The molecule has 15 heavy (non-hydrogen) atoms. The molecule has 0 N–H and O–H groups in total. The van der Waals surface area contributed by atoms with E-state index in [0.29, 0.717) is 18.1 Å². The lowest BCUT2D eigenvalue weighted by Gasteiger charge is -2.19. The van der Waals surface area contributed by atoms with Gasteiger partial charge in [0.15, 0.2) is 11.3 Å². The molecule has 3 nitrogen and oxygen atoms in total. The Morgan fingerprint density at radius 3 is 2.60 bits per heavy atom. The Morgan fingerprint density at radius 2 is 2.07 bits per heavy atom. The summed E-state index contributed by atoms with van der Waals surface area (Å²) in [5.74, 6) is 0. The van der Waals surface area contributed by atoms with Crippen molar-refractivity contribution in [3.63, 3.8) is 0 Å². The van der Waals surface area contributed by atoms with Gasteiger partial charge in [-0.2, -0.15) is 0 Å². The summed E-state index contributed by atoms with van der Waals surface area (Å²) in [6.07, 6.45) is 0.823. The summed E-state index contributed by atoms with van der Waals surface area (Å²) in [7, 11) is 0. The maximum absolute atomic E-state index is 10.4. The summed E-state index contributed by atoms with van der Waals surface area (Å²) >= 11 is 1.34. The second-order valence-electron chi connectivity index (χ2n) is 4.08. The smallest absolute Gasteiger partial charge is 0.174 e. The van der Waals surface area contributed by atoms with E-state index in [0.717, 1.165) is 11.3 Å². The monoisotopic (exact) mass is 228 g/mol. The molecule has 1 heterocycles. The molecule has 0 unspecified atom stereocenters. The van der Waals surface area contributed by atoms with E-state index in [4.69, 9.17) is 9.47 Å². The SMILES string of the molecule is CC(C)(C)OCCOc1ccc(C=O)s1. The minimum Gasteiger partial charge on any atom is -0.482 e. The number of hydrogen-bond acceptors (Lipinski definition) is 4. The average Bonchev–Trinajstić information content (AvgIpc) is 2.59. The van der Waals surface area contributed by atoms with E-state index < -0.39 is 0 Å². The lowest BCUT2D eigenvalue weighted by Crippen LogP contribution is -2.22. The zero-order valence-corrected chi connectivity index (χ0v) is 10.1. The van der Waals surface area contributed by atoms with Crippen molar-refractivity contribution in [2.24, 2.45) is 0 Å². The summed E-state index contributed by atoms with van der Waals surface area (Å²) in [5.41, 5.74) is -0.132. The summed E-state index contributed by atoms with van der Waals surface area (Å²) in [4.78, 5) is 11.1. The minimum absolute atomic E-state index is 0.132. The molecule has 0 fully saturated rings. The van der Waals surface area contributed by atoms with Gasteiger partial charge in [-0.15, -0.1) is 0 Å². The second-order valence-corrected chi connectivity index (χ2v) is 5.16. The molecule has 0 aliphatic heterocycles. The highest BCUT2D eigenvalue weighted by Crippen LogP contribution is 2.22. The standard InChI is InChI=1S/C11H16O3S/c1-11(2,3)14-7-6-13-10-5-4-9(8-12)15-10/h4-5,8H,6-7H2,1-3H3. The summed E-state index contributed by atoms with van der Waals surface area (Å²) in [5, 5.41) is 0.759. The van der Waals surface area contributed by atoms with Gasteiger partial charge in [0.25, 0.3) is 0 Å². The lowest BCUT2D eigenvalue weighted by atomic mass is 10.2. The molecule has 1 rings (SSSR count). The number of hydrogen-bond donors (Lipinski definition) is 0. The Bertz CT molecular complexity index is 312. The largest absolute Gasteiger partial charge is 0.482 e. The topological polar surface area (TPSA) is 35.5 Å². The molecule has 0 saturated carbocycles. The number of carbonyl (C=O) groups excluding carboxylic acids is 1. The number of thiophene rings is 1. The van der Waals surface area contributed by atoms with Crippen LogP contribution in [0.4, 0.5) is 0 Å². The third-order valence-electron chi connectivity index (χ3n) is 1.58. The lowest BCUT2D eigenvalue weighted by molar-refractivity contribution is -0.0158. The number of carbonyl (C=O) groups is 1. The molecule has 0 saturated heterocycles. The van der Waals surface area contributed by atoms with Crippen molar-refractivity contribution in [3.8, 4) is 5.06 Å². The summed E-state index contributed by atoms with van der Waals surface area (Å²) in [6.45, 7) is 7.07. The summed E-state index contributed by atoms with van der Waals surface area (Å²) in [6, 6.07) is 3.54. The molecule has 1 aromatic heterocycles. The van der Waals surface area contributed by atoms with Gasteiger partial charge in [-0.1, -0.05) is 11.3 Å². The Balaban J connectivity index is 2.23. The zero-order valence-electron chi connectivity index (χ0n) is 9.28. The van der Waals surface area contributed by atoms with Crippen LogP contribution in [0.1, 0.15) is 30.4 Å². The predicted octanol–water partition coefficient (Wildman–Crippen LogP) is 2.75. The van der Waals surface area contributed by atoms with Crippen LogP contribution in [0.25, 0.3) is 0 Å². The van der Waals surface area contributed by atoms with Crippen LogP contribution in [0.2, 0.25) is 0 Å². The molecule has 0 amide bonds. The maximum atomic E-state index is 10.4. The van der Waals surface area contributed by atoms with E-state index >= 15 is 0 Å². The molecule has 0 bridgehead atoms. The van der Waals surface area contributed by atoms with Crippen LogP contribution in [0.3, 0.4) is 0 Å². The predicted molar refractivity (Wildman–Crippen MR) is 60.9 cm³/mol. The van der Waals surface area contributed by atoms with Crippen molar-refractivity contribution < 1.29 is 14.3 Å². The number of rotatable bonds is 5. The van der Waals surface area contributed by atoms with Crippen molar-refractivity contribution in [2.45, 2.75) is 26.4 Å². The van der Waals surface area contributed by atoms with Crippen LogP contribution in [0, 0.1) is 0 Å². The first-order chi connectivity index (χ1) is 7.01. The highest BCUT2D eigenvalue weighted by molar-refractivity contribution is 7.15. The van der Waals surface area contributed by atoms with E-state index in [1.54, 1.807) is 12.1 Å². The average molecular weight is 228 g/mol. The Kier molecular flexibility index (Phi) is 4.29. The van der Waals surface area contributed by atoms with Crippen molar-refractivity contribution in [2.75, 3.05) is 13.2 Å². The number of ether oxygens (including phenoxy) is 2. The van der Waals surface area contributed by atoms with Crippen LogP contribution >= 0.6 is 11.3 Å². The first-order valence-corrected chi connectivity index (χ1v) is 5.65. The first-order valence-electron chi connectivity index (χ1n) is 4.83. The maximum Gasteiger partial charge on any atom is 0.174 e. The van der Waals surface area contributed by atoms with Gasteiger partial charge in [-0.3, -0.25) is 4.79 Å². The molecule has 0 spiro atoms. The quantitative estimate of drug-likeness (QED) is 0.574. The van der Waals surface area contributed by atoms with Crippen LogP contribution in [-0.4, -0.2) is 25.1 Å². The molecule has 4 heteroatoms. The fourth-order valence-electron chi connectivity index (χ4n) is 0.965. The fraction of sp³-hybridized carbons (Fsp3) is 0.545. The first kappa shape index (κ1) is 12.2.